The molecular formula is C15H18FN5O2. The Morgan fingerprint density at radius 3 is 3.00 bits per heavy atom. The summed E-state index contributed by atoms with van der Waals surface area (Å²) in [5.41, 5.74) is 0.415. The molecule has 1 saturated heterocycles. The van der Waals surface area contributed by atoms with Crippen molar-refractivity contribution in [2.45, 2.75) is 25.4 Å². The maximum atomic E-state index is 13.1. The van der Waals surface area contributed by atoms with Crippen LogP contribution in [0.3, 0.4) is 0 Å². The van der Waals surface area contributed by atoms with Gasteiger partial charge >= 0.3 is 6.03 Å². The van der Waals surface area contributed by atoms with E-state index in [0.29, 0.717) is 30.4 Å². The average Bonchev–Trinajstić information content (AvgIpc) is 3.04. The third-order valence-corrected chi connectivity index (χ3v) is 3.79. The van der Waals surface area contributed by atoms with E-state index >= 15 is 0 Å². The molecule has 2 atom stereocenters. The fourth-order valence-electron chi connectivity index (χ4n) is 2.76. The van der Waals surface area contributed by atoms with E-state index in [-0.39, 0.29) is 18.1 Å². The maximum Gasteiger partial charge on any atom is 0.319 e. The van der Waals surface area contributed by atoms with E-state index < -0.39 is 5.82 Å². The first-order valence-corrected chi connectivity index (χ1v) is 7.35. The number of likely N-dealkylation sites (tertiary alicyclic amines) is 1. The molecule has 1 aromatic heterocycles. The molecule has 23 heavy (non-hydrogen) atoms. The highest BCUT2D eigenvalue weighted by atomic mass is 19.1. The van der Waals surface area contributed by atoms with Gasteiger partial charge in [0.25, 0.3) is 0 Å². The van der Waals surface area contributed by atoms with E-state index in [0.717, 1.165) is 0 Å². The quantitative estimate of drug-likeness (QED) is 0.905. The van der Waals surface area contributed by atoms with Crippen molar-refractivity contribution in [3.05, 3.63) is 41.8 Å². The van der Waals surface area contributed by atoms with Crippen LogP contribution in [0.1, 0.15) is 24.2 Å². The topological polar surface area (TPSA) is 83.3 Å². The predicted octanol–water partition coefficient (Wildman–Crippen LogP) is 2.08. The zero-order valence-corrected chi connectivity index (χ0v) is 12.9. The molecule has 2 heterocycles. The number of aromatic nitrogens is 2. The predicted molar refractivity (Wildman–Crippen MR) is 81.4 cm³/mol. The molecular weight excluding hydrogens is 301 g/mol. The molecule has 1 aromatic carbocycles. The fourth-order valence-corrected chi connectivity index (χ4v) is 2.76. The fraction of sp³-hybridized carbons (Fsp3) is 0.400. The molecule has 1 fully saturated rings. The first-order chi connectivity index (χ1) is 11.0. The van der Waals surface area contributed by atoms with E-state index in [2.05, 4.69) is 25.7 Å². The van der Waals surface area contributed by atoms with Gasteiger partial charge in [-0.2, -0.15) is 4.98 Å². The summed E-state index contributed by atoms with van der Waals surface area (Å²) in [5.74, 6) is 0.753. The van der Waals surface area contributed by atoms with Gasteiger partial charge in [-0.15, -0.1) is 0 Å². The number of likely N-dealkylation sites (N-methyl/N-ethyl adjacent to an activating group) is 1. The van der Waals surface area contributed by atoms with Gasteiger partial charge in [-0.1, -0.05) is 11.2 Å². The monoisotopic (exact) mass is 319 g/mol. The van der Waals surface area contributed by atoms with Crippen molar-refractivity contribution in [1.29, 1.82) is 0 Å². The van der Waals surface area contributed by atoms with Gasteiger partial charge < -0.3 is 15.2 Å². The van der Waals surface area contributed by atoms with Gasteiger partial charge in [-0.3, -0.25) is 4.90 Å². The molecule has 122 valence electrons. The third-order valence-electron chi connectivity index (χ3n) is 3.79. The van der Waals surface area contributed by atoms with Crippen LogP contribution in [0, 0.1) is 12.7 Å². The number of rotatable bonds is 3. The Morgan fingerprint density at radius 2 is 2.30 bits per heavy atom. The van der Waals surface area contributed by atoms with E-state index in [1.807, 2.05) is 7.05 Å². The normalized spacial score (nSPS) is 21.3. The number of carbonyl (C=O) groups is 1. The zero-order chi connectivity index (χ0) is 16.4. The van der Waals surface area contributed by atoms with Crippen molar-refractivity contribution in [2.75, 3.05) is 18.9 Å². The van der Waals surface area contributed by atoms with E-state index in [1.165, 1.54) is 12.1 Å². The van der Waals surface area contributed by atoms with E-state index in [4.69, 9.17) is 4.52 Å². The van der Waals surface area contributed by atoms with Crippen LogP contribution >= 0.6 is 0 Å². The average molecular weight is 319 g/mol. The lowest BCUT2D eigenvalue weighted by atomic mass is 10.1. The second kappa shape index (κ2) is 6.33. The van der Waals surface area contributed by atoms with Crippen molar-refractivity contribution in [1.82, 2.24) is 20.4 Å². The van der Waals surface area contributed by atoms with Crippen LogP contribution in [0.4, 0.5) is 14.9 Å². The summed E-state index contributed by atoms with van der Waals surface area (Å²) >= 11 is 0. The maximum absolute atomic E-state index is 13.1. The standard InChI is InChI=1S/C15H18FN5O2/c1-9-17-14(23-20-9)13-7-12(8-21(13)2)19-15(22)18-11-5-3-4-10(16)6-11/h3-6,12-13H,7-8H2,1-2H3,(H2,18,19,22). The second-order valence-electron chi connectivity index (χ2n) is 5.68. The number of hydrogen-bond acceptors (Lipinski definition) is 5. The Bertz CT molecular complexity index is 705. The molecule has 0 saturated carbocycles. The molecule has 0 bridgehead atoms. The van der Waals surface area contributed by atoms with Gasteiger partial charge in [-0.25, -0.2) is 9.18 Å². The van der Waals surface area contributed by atoms with Crippen LogP contribution in [-0.2, 0) is 0 Å². The summed E-state index contributed by atoms with van der Waals surface area (Å²) in [6.45, 7) is 2.44. The molecule has 0 aliphatic carbocycles. The first kappa shape index (κ1) is 15.4. The molecule has 0 radical (unpaired) electrons. The number of carbonyl (C=O) groups excluding carboxylic acids is 1. The number of nitrogens with zero attached hydrogens (tertiary/aromatic N) is 3. The molecule has 3 rings (SSSR count). The minimum absolute atomic E-state index is 0.0179. The number of halogens is 1. The zero-order valence-electron chi connectivity index (χ0n) is 12.9. The van der Waals surface area contributed by atoms with Crippen molar-refractivity contribution >= 4 is 11.7 Å². The van der Waals surface area contributed by atoms with Crippen LogP contribution in [0.15, 0.2) is 28.8 Å². The Hall–Kier alpha value is -2.48. The lowest BCUT2D eigenvalue weighted by Gasteiger charge is -2.14. The number of nitrogens with one attached hydrogen (secondary N) is 2. The van der Waals surface area contributed by atoms with E-state index in [1.54, 1.807) is 19.1 Å². The summed E-state index contributed by atoms with van der Waals surface area (Å²) in [6.07, 6.45) is 0.675. The number of benzene rings is 1. The lowest BCUT2D eigenvalue weighted by Crippen LogP contribution is -2.39. The van der Waals surface area contributed by atoms with Gasteiger partial charge in [-0.05, 0) is 38.6 Å². The minimum atomic E-state index is -0.393. The Kier molecular flexibility index (Phi) is 4.24. The molecule has 2 N–H and O–H groups in total. The highest BCUT2D eigenvalue weighted by Gasteiger charge is 2.34. The number of hydrogen-bond donors (Lipinski definition) is 2. The summed E-state index contributed by atoms with van der Waals surface area (Å²) in [4.78, 5) is 18.3. The van der Waals surface area contributed by atoms with Gasteiger partial charge in [0.1, 0.15) is 5.82 Å². The summed E-state index contributed by atoms with van der Waals surface area (Å²) in [5, 5.41) is 9.30. The van der Waals surface area contributed by atoms with Crippen LogP contribution in [0.25, 0.3) is 0 Å². The molecule has 2 unspecified atom stereocenters. The minimum Gasteiger partial charge on any atom is -0.338 e. The lowest BCUT2D eigenvalue weighted by molar-refractivity contribution is 0.243. The van der Waals surface area contributed by atoms with E-state index in [9.17, 15) is 9.18 Å². The third kappa shape index (κ3) is 3.65. The first-order valence-electron chi connectivity index (χ1n) is 7.35. The molecule has 1 aliphatic rings. The molecule has 0 spiro atoms. The highest BCUT2D eigenvalue weighted by Crippen LogP contribution is 2.29. The number of amides is 2. The van der Waals surface area contributed by atoms with Gasteiger partial charge in [0.15, 0.2) is 5.82 Å². The Labute approximate surface area is 132 Å². The molecule has 8 heteroatoms. The Balaban J connectivity index is 1.57. The number of urea groups is 1. The van der Waals surface area contributed by atoms with Crippen LogP contribution in [0.2, 0.25) is 0 Å². The molecule has 2 aromatic rings. The van der Waals surface area contributed by atoms with Crippen molar-refractivity contribution in [2.24, 2.45) is 0 Å². The molecule has 7 nitrogen and oxygen atoms in total. The molecule has 1 aliphatic heterocycles. The summed E-state index contributed by atoms with van der Waals surface area (Å²) in [7, 11) is 1.94. The largest absolute Gasteiger partial charge is 0.338 e. The summed E-state index contributed by atoms with van der Waals surface area (Å²) in [6, 6.07) is 5.34. The summed E-state index contributed by atoms with van der Waals surface area (Å²) < 4.78 is 18.3. The number of aryl methyl sites for hydroxylation is 1. The van der Waals surface area contributed by atoms with Gasteiger partial charge in [0, 0.05) is 18.3 Å². The smallest absolute Gasteiger partial charge is 0.319 e. The second-order valence-corrected chi connectivity index (χ2v) is 5.68. The SMILES string of the molecule is Cc1noc(C2CC(NC(=O)Nc3cccc(F)c3)CN2C)n1. The van der Waals surface area contributed by atoms with Gasteiger partial charge in [0.2, 0.25) is 5.89 Å². The van der Waals surface area contributed by atoms with Crippen LogP contribution in [-0.4, -0.2) is 40.7 Å². The highest BCUT2D eigenvalue weighted by molar-refractivity contribution is 5.89. The van der Waals surface area contributed by atoms with Crippen LogP contribution in [0.5, 0.6) is 0 Å². The number of anilines is 1. The van der Waals surface area contributed by atoms with Gasteiger partial charge in [0.05, 0.1) is 6.04 Å². The van der Waals surface area contributed by atoms with Crippen molar-refractivity contribution < 1.29 is 13.7 Å². The van der Waals surface area contributed by atoms with Crippen molar-refractivity contribution in [3.63, 3.8) is 0 Å². The van der Waals surface area contributed by atoms with Crippen molar-refractivity contribution in [3.8, 4) is 0 Å². The molecule has 2 amide bonds. The van der Waals surface area contributed by atoms with Crippen LogP contribution < -0.4 is 10.6 Å². The Morgan fingerprint density at radius 1 is 1.48 bits per heavy atom.